The number of benzene rings is 1. The summed E-state index contributed by atoms with van der Waals surface area (Å²) in [5.74, 6) is -0.528. The fourth-order valence-electron chi connectivity index (χ4n) is 3.98. The lowest BCUT2D eigenvalue weighted by atomic mass is 9.90. The van der Waals surface area contributed by atoms with Gasteiger partial charge in [-0.3, -0.25) is 14.4 Å². The van der Waals surface area contributed by atoms with Gasteiger partial charge in [0, 0.05) is 30.9 Å². The van der Waals surface area contributed by atoms with Gasteiger partial charge in [0.1, 0.15) is 0 Å². The van der Waals surface area contributed by atoms with Crippen LogP contribution in [0.3, 0.4) is 0 Å². The number of piperidine rings is 1. The number of aryl methyl sites for hydroxylation is 2. The minimum atomic E-state index is -0.676. The average molecular weight is 355 g/mol. The third-order valence-corrected chi connectivity index (χ3v) is 5.45. The summed E-state index contributed by atoms with van der Waals surface area (Å²) in [5.41, 5.74) is 5.95. The second-order valence-electron chi connectivity index (χ2n) is 7.86. The molecule has 1 fully saturated rings. The molecule has 2 heterocycles. The van der Waals surface area contributed by atoms with Gasteiger partial charge in [0.15, 0.2) is 0 Å². The first-order valence-electron chi connectivity index (χ1n) is 9.37. The second kappa shape index (κ2) is 7.62. The van der Waals surface area contributed by atoms with Gasteiger partial charge >= 0.3 is 5.97 Å². The number of nitrogens with zero attached hydrogens (tertiary/aromatic N) is 3. The second-order valence-corrected chi connectivity index (χ2v) is 7.86. The lowest BCUT2D eigenvalue weighted by Gasteiger charge is -2.34. The molecule has 1 saturated heterocycles. The van der Waals surface area contributed by atoms with E-state index in [1.807, 2.05) is 0 Å². The molecular formula is C21H29N3O2. The van der Waals surface area contributed by atoms with Gasteiger partial charge < -0.3 is 5.11 Å². The zero-order valence-corrected chi connectivity index (χ0v) is 16.2. The van der Waals surface area contributed by atoms with Crippen LogP contribution in [-0.2, 0) is 17.9 Å². The first-order chi connectivity index (χ1) is 12.3. The van der Waals surface area contributed by atoms with Gasteiger partial charge in [-0.05, 0) is 38.7 Å². The van der Waals surface area contributed by atoms with E-state index in [9.17, 15) is 9.90 Å². The van der Waals surface area contributed by atoms with Crippen LogP contribution in [0.4, 0.5) is 0 Å². The monoisotopic (exact) mass is 355 g/mol. The normalized spacial score (nSPS) is 21.1. The molecule has 5 heteroatoms. The molecule has 1 aromatic heterocycles. The smallest absolute Gasteiger partial charge is 0.307 e. The van der Waals surface area contributed by atoms with E-state index in [0.717, 1.165) is 31.7 Å². The van der Waals surface area contributed by atoms with E-state index in [1.165, 1.54) is 22.4 Å². The van der Waals surface area contributed by atoms with Crippen LogP contribution in [0.15, 0.2) is 24.3 Å². The molecule has 1 N–H and O–H groups in total. The highest BCUT2D eigenvalue weighted by Gasteiger charge is 2.30. The van der Waals surface area contributed by atoms with Gasteiger partial charge in [-0.25, -0.2) is 0 Å². The van der Waals surface area contributed by atoms with E-state index in [4.69, 9.17) is 5.10 Å². The molecule has 2 unspecified atom stereocenters. The van der Waals surface area contributed by atoms with Crippen molar-refractivity contribution >= 4 is 5.97 Å². The first-order valence-corrected chi connectivity index (χ1v) is 9.37. The Morgan fingerprint density at radius 3 is 2.50 bits per heavy atom. The Kier molecular flexibility index (Phi) is 5.47. The van der Waals surface area contributed by atoms with Crippen LogP contribution < -0.4 is 0 Å². The number of rotatable bonds is 5. The molecule has 0 spiro atoms. The molecule has 0 radical (unpaired) electrons. The number of carboxylic acid groups (broad SMARTS) is 1. The van der Waals surface area contributed by atoms with E-state index in [-0.39, 0.29) is 5.92 Å². The first kappa shape index (κ1) is 18.6. The van der Waals surface area contributed by atoms with Crippen LogP contribution in [0.1, 0.15) is 41.4 Å². The number of hydrogen-bond donors (Lipinski definition) is 1. The molecule has 0 bridgehead atoms. The lowest BCUT2D eigenvalue weighted by Crippen LogP contribution is -2.42. The van der Waals surface area contributed by atoms with Crippen molar-refractivity contribution in [3.05, 3.63) is 52.3 Å². The number of hydrogen-bond acceptors (Lipinski definition) is 3. The highest BCUT2D eigenvalue weighted by atomic mass is 16.4. The van der Waals surface area contributed by atoms with Crippen molar-refractivity contribution in [1.29, 1.82) is 0 Å². The maximum atomic E-state index is 11.4. The van der Waals surface area contributed by atoms with E-state index in [2.05, 4.69) is 61.5 Å². The summed E-state index contributed by atoms with van der Waals surface area (Å²) in [6.07, 6.45) is 0.774. The quantitative estimate of drug-likeness (QED) is 0.893. The van der Waals surface area contributed by atoms with E-state index in [1.54, 1.807) is 0 Å². The standard InChI is InChI=1S/C21H29N3O2/c1-14-5-7-18(8-6-14)11-24-17(4)20(16(3)22-24)13-23-10-15(2)9-19(12-23)21(25)26/h5-8,15,19H,9-13H2,1-4H3,(H,25,26). The van der Waals surface area contributed by atoms with Crippen molar-refractivity contribution in [3.63, 3.8) is 0 Å². The van der Waals surface area contributed by atoms with Gasteiger partial charge in [0.2, 0.25) is 0 Å². The van der Waals surface area contributed by atoms with E-state index >= 15 is 0 Å². The number of aromatic nitrogens is 2. The minimum absolute atomic E-state index is 0.262. The lowest BCUT2D eigenvalue weighted by molar-refractivity contribution is -0.144. The minimum Gasteiger partial charge on any atom is -0.481 e. The molecule has 1 aliphatic heterocycles. The van der Waals surface area contributed by atoms with Gasteiger partial charge in [0.25, 0.3) is 0 Å². The highest BCUT2D eigenvalue weighted by molar-refractivity contribution is 5.70. The van der Waals surface area contributed by atoms with Crippen LogP contribution in [-0.4, -0.2) is 38.8 Å². The molecule has 1 aliphatic rings. The van der Waals surface area contributed by atoms with Crippen molar-refractivity contribution in [3.8, 4) is 0 Å². The topological polar surface area (TPSA) is 58.4 Å². The van der Waals surface area contributed by atoms with Crippen molar-refractivity contribution in [2.24, 2.45) is 11.8 Å². The molecule has 0 saturated carbocycles. The molecule has 26 heavy (non-hydrogen) atoms. The maximum Gasteiger partial charge on any atom is 0.307 e. The Morgan fingerprint density at radius 1 is 1.15 bits per heavy atom. The van der Waals surface area contributed by atoms with Crippen LogP contribution in [0.25, 0.3) is 0 Å². The van der Waals surface area contributed by atoms with Crippen LogP contribution >= 0.6 is 0 Å². The Hall–Kier alpha value is -2.14. The summed E-state index contributed by atoms with van der Waals surface area (Å²) >= 11 is 0. The molecule has 2 atom stereocenters. The predicted octanol–water partition coefficient (Wildman–Crippen LogP) is 3.40. The molecule has 0 aliphatic carbocycles. The molecule has 1 aromatic carbocycles. The number of carbonyl (C=O) groups is 1. The Labute approximate surface area is 155 Å². The Morgan fingerprint density at radius 2 is 1.85 bits per heavy atom. The molecule has 140 valence electrons. The van der Waals surface area contributed by atoms with Crippen LogP contribution in [0.2, 0.25) is 0 Å². The summed E-state index contributed by atoms with van der Waals surface area (Å²) < 4.78 is 2.07. The third kappa shape index (κ3) is 4.15. The van der Waals surface area contributed by atoms with Crippen molar-refractivity contribution in [2.75, 3.05) is 13.1 Å². The molecule has 0 amide bonds. The van der Waals surface area contributed by atoms with Crippen LogP contribution in [0, 0.1) is 32.6 Å². The third-order valence-electron chi connectivity index (χ3n) is 5.45. The summed E-state index contributed by atoms with van der Waals surface area (Å²) in [7, 11) is 0. The summed E-state index contributed by atoms with van der Waals surface area (Å²) in [6, 6.07) is 8.55. The zero-order chi connectivity index (χ0) is 18.8. The highest BCUT2D eigenvalue weighted by Crippen LogP contribution is 2.25. The predicted molar refractivity (Wildman–Crippen MR) is 102 cm³/mol. The van der Waals surface area contributed by atoms with Gasteiger partial charge in [-0.15, -0.1) is 0 Å². The maximum absolute atomic E-state index is 11.4. The van der Waals surface area contributed by atoms with E-state index < -0.39 is 5.97 Å². The largest absolute Gasteiger partial charge is 0.481 e. The fraction of sp³-hybridized carbons (Fsp3) is 0.524. The Bertz CT molecular complexity index is 779. The zero-order valence-electron chi connectivity index (χ0n) is 16.2. The van der Waals surface area contributed by atoms with Gasteiger partial charge in [-0.2, -0.15) is 5.10 Å². The average Bonchev–Trinajstić information content (AvgIpc) is 2.84. The van der Waals surface area contributed by atoms with E-state index in [0.29, 0.717) is 12.5 Å². The van der Waals surface area contributed by atoms with Crippen LogP contribution in [0.5, 0.6) is 0 Å². The van der Waals surface area contributed by atoms with Crippen molar-refractivity contribution < 1.29 is 9.90 Å². The van der Waals surface area contributed by atoms with Gasteiger partial charge in [-0.1, -0.05) is 36.8 Å². The Balaban J connectivity index is 1.75. The molecule has 2 aromatic rings. The fourth-order valence-corrected chi connectivity index (χ4v) is 3.98. The number of aliphatic carboxylic acids is 1. The van der Waals surface area contributed by atoms with Crippen molar-refractivity contribution in [1.82, 2.24) is 14.7 Å². The molecular weight excluding hydrogens is 326 g/mol. The number of likely N-dealkylation sites (tertiary alicyclic amines) is 1. The summed E-state index contributed by atoms with van der Waals surface area (Å²) in [4.78, 5) is 13.7. The SMILES string of the molecule is Cc1ccc(Cn2nc(C)c(CN3CC(C)CC(C(=O)O)C3)c2C)cc1. The molecule has 5 nitrogen and oxygen atoms in total. The summed E-state index contributed by atoms with van der Waals surface area (Å²) in [5, 5.41) is 14.1. The number of carboxylic acids is 1. The summed E-state index contributed by atoms with van der Waals surface area (Å²) in [6.45, 7) is 11.5. The van der Waals surface area contributed by atoms with Gasteiger partial charge in [0.05, 0.1) is 18.2 Å². The molecule has 3 rings (SSSR count). The van der Waals surface area contributed by atoms with Crippen molar-refractivity contribution in [2.45, 2.75) is 47.2 Å².